The van der Waals surface area contributed by atoms with Gasteiger partial charge in [-0.05, 0) is 24.3 Å². The summed E-state index contributed by atoms with van der Waals surface area (Å²) in [5.74, 6) is -3.83. The monoisotopic (exact) mass is 560 g/mol. The second-order valence-corrected chi connectivity index (χ2v) is 8.91. The molecule has 0 aromatic heterocycles. The van der Waals surface area contributed by atoms with Crippen LogP contribution in [0, 0.1) is 0 Å². The summed E-state index contributed by atoms with van der Waals surface area (Å²) >= 11 is 11.8. The van der Waals surface area contributed by atoms with Crippen molar-refractivity contribution in [1.29, 1.82) is 0 Å². The van der Waals surface area contributed by atoms with Crippen molar-refractivity contribution in [2.45, 2.75) is 64.6 Å². The number of ketones is 1. The van der Waals surface area contributed by atoms with Gasteiger partial charge in [0.25, 0.3) is 0 Å². The summed E-state index contributed by atoms with van der Waals surface area (Å²) < 4.78 is 26.8. The van der Waals surface area contributed by atoms with E-state index in [4.69, 9.17) is 46.9 Å². The first-order valence-corrected chi connectivity index (χ1v) is 11.7. The average Bonchev–Trinajstić information content (AvgIpc) is 2.77. The molecule has 37 heavy (non-hydrogen) atoms. The Hall–Kier alpha value is -3.15. The van der Waals surface area contributed by atoms with Gasteiger partial charge >= 0.3 is 23.9 Å². The van der Waals surface area contributed by atoms with E-state index in [9.17, 15) is 29.1 Å². The van der Waals surface area contributed by atoms with Crippen LogP contribution in [0.3, 0.4) is 0 Å². The summed E-state index contributed by atoms with van der Waals surface area (Å²) in [6, 6.07) is 2.72. The van der Waals surface area contributed by atoms with Crippen LogP contribution in [-0.4, -0.2) is 71.9 Å². The second kappa shape index (κ2) is 13.4. The zero-order valence-electron chi connectivity index (χ0n) is 20.4. The molecule has 1 aliphatic rings. The third-order valence-electron chi connectivity index (χ3n) is 5.00. The van der Waals surface area contributed by atoms with Crippen LogP contribution in [0.15, 0.2) is 18.2 Å². The van der Waals surface area contributed by atoms with Crippen molar-refractivity contribution in [3.63, 3.8) is 0 Å². The number of phenols is 1. The maximum absolute atomic E-state index is 12.8. The zero-order chi connectivity index (χ0) is 27.9. The van der Waals surface area contributed by atoms with E-state index in [0.29, 0.717) is 0 Å². The van der Waals surface area contributed by atoms with E-state index in [-0.39, 0.29) is 21.4 Å². The van der Waals surface area contributed by atoms with Crippen molar-refractivity contribution in [3.05, 3.63) is 33.8 Å². The Bertz CT molecular complexity index is 1080. The Kier molecular flexibility index (Phi) is 10.9. The number of carbonyl (C=O) groups is 5. The lowest BCUT2D eigenvalue weighted by atomic mass is 9.91. The van der Waals surface area contributed by atoms with Gasteiger partial charge in [-0.2, -0.15) is 0 Å². The molecule has 5 atom stereocenters. The first kappa shape index (κ1) is 30.1. The van der Waals surface area contributed by atoms with E-state index in [2.05, 4.69) is 0 Å². The van der Waals surface area contributed by atoms with Gasteiger partial charge in [-0.25, -0.2) is 0 Å². The molecule has 1 aromatic rings. The maximum Gasteiger partial charge on any atom is 0.303 e. The number of esters is 4. The number of aromatic hydroxyl groups is 1. The number of allylic oxidation sites excluding steroid dienone is 1. The number of phenolic OH excluding ortho intramolecular Hbond substituents is 1. The number of benzene rings is 1. The van der Waals surface area contributed by atoms with E-state index in [0.717, 1.165) is 33.8 Å². The van der Waals surface area contributed by atoms with Gasteiger partial charge in [0.1, 0.15) is 24.6 Å². The summed E-state index contributed by atoms with van der Waals surface area (Å²) in [7, 11) is 0. The molecule has 1 saturated heterocycles. The lowest BCUT2D eigenvalue weighted by Crippen LogP contribution is -2.62. The SMILES string of the molecule is CC(=O)OC[C@H]1O[C@@H](CC(=O)/C=C/c2cc(Cl)cc(Cl)c2O)[C@H](OC(C)=O)[C@@H](OC(C)=O)[C@@H]1OC(C)=O. The minimum atomic E-state index is -1.38. The van der Waals surface area contributed by atoms with Crippen LogP contribution in [-0.2, 0) is 47.7 Å². The first-order valence-electron chi connectivity index (χ1n) is 11.0. The molecule has 0 bridgehead atoms. The lowest BCUT2D eigenvalue weighted by molar-refractivity contribution is -0.252. The molecule has 0 unspecified atom stereocenters. The molecule has 1 N–H and O–H groups in total. The number of halogens is 2. The number of carbonyl (C=O) groups excluding carboxylic acids is 5. The zero-order valence-corrected chi connectivity index (χ0v) is 21.9. The highest BCUT2D eigenvalue weighted by Crippen LogP contribution is 2.33. The Morgan fingerprint density at radius 1 is 0.865 bits per heavy atom. The Labute approximate surface area is 222 Å². The molecule has 0 radical (unpaired) electrons. The molecule has 1 aliphatic heterocycles. The fraction of sp³-hybridized carbons (Fsp3) is 0.458. The summed E-state index contributed by atoms with van der Waals surface area (Å²) in [5, 5.41) is 10.3. The van der Waals surface area contributed by atoms with Crippen molar-refractivity contribution in [1.82, 2.24) is 0 Å². The number of rotatable bonds is 9. The van der Waals surface area contributed by atoms with Crippen LogP contribution in [0.25, 0.3) is 6.08 Å². The topological polar surface area (TPSA) is 152 Å². The molecule has 0 spiro atoms. The molecule has 2 rings (SSSR count). The van der Waals surface area contributed by atoms with Gasteiger partial charge in [0.15, 0.2) is 24.1 Å². The Balaban J connectivity index is 2.40. The predicted molar refractivity (Wildman–Crippen MR) is 129 cm³/mol. The Morgan fingerprint density at radius 2 is 1.41 bits per heavy atom. The van der Waals surface area contributed by atoms with Crippen molar-refractivity contribution in [2.24, 2.45) is 0 Å². The van der Waals surface area contributed by atoms with Gasteiger partial charge in [0.05, 0.1) is 5.02 Å². The standard InChI is InChI=1S/C24H26Cl2O11/c1-11(27)33-10-20-23(35-13(3)29)24(36-14(4)30)22(34-12(2)28)19(37-20)9-17(31)6-5-15-7-16(25)8-18(26)21(15)32/h5-8,19-20,22-24,32H,9-10H2,1-4H3/b6-5+/t19-,20+,22-,23+,24+/m0/s1. The minimum Gasteiger partial charge on any atom is -0.506 e. The normalized spacial score (nSPS) is 23.2. The quantitative estimate of drug-likeness (QED) is 0.269. The third-order valence-corrected chi connectivity index (χ3v) is 5.50. The molecule has 13 heteroatoms. The van der Waals surface area contributed by atoms with Crippen molar-refractivity contribution < 1.29 is 52.8 Å². The lowest BCUT2D eigenvalue weighted by Gasteiger charge is -2.44. The predicted octanol–water partition coefficient (Wildman–Crippen LogP) is 2.80. The molecule has 0 saturated carbocycles. The van der Waals surface area contributed by atoms with Crippen LogP contribution < -0.4 is 0 Å². The van der Waals surface area contributed by atoms with Gasteiger partial charge in [-0.15, -0.1) is 0 Å². The van der Waals surface area contributed by atoms with Crippen LogP contribution in [0.1, 0.15) is 39.7 Å². The second-order valence-electron chi connectivity index (χ2n) is 8.07. The number of ether oxygens (including phenoxy) is 5. The summed E-state index contributed by atoms with van der Waals surface area (Å²) in [4.78, 5) is 59.7. The van der Waals surface area contributed by atoms with Crippen LogP contribution in [0.4, 0.5) is 0 Å². The molecule has 1 fully saturated rings. The van der Waals surface area contributed by atoms with E-state index in [1.54, 1.807) is 0 Å². The molecular weight excluding hydrogens is 535 g/mol. The number of hydrogen-bond donors (Lipinski definition) is 1. The minimum absolute atomic E-state index is 0.0146. The molecular formula is C24H26Cl2O11. The van der Waals surface area contributed by atoms with Gasteiger partial charge in [0.2, 0.25) is 0 Å². The van der Waals surface area contributed by atoms with Crippen molar-refractivity contribution >= 4 is 58.9 Å². The Morgan fingerprint density at radius 3 is 1.95 bits per heavy atom. The van der Waals surface area contributed by atoms with E-state index >= 15 is 0 Å². The smallest absolute Gasteiger partial charge is 0.303 e. The van der Waals surface area contributed by atoms with Crippen LogP contribution in [0.2, 0.25) is 10.0 Å². The summed E-state index contributed by atoms with van der Waals surface area (Å²) in [6.07, 6.45) is -4.42. The summed E-state index contributed by atoms with van der Waals surface area (Å²) in [5.41, 5.74) is 0.174. The van der Waals surface area contributed by atoms with E-state index in [1.165, 1.54) is 18.2 Å². The number of hydrogen-bond acceptors (Lipinski definition) is 11. The highest BCUT2D eigenvalue weighted by molar-refractivity contribution is 6.35. The van der Waals surface area contributed by atoms with Crippen molar-refractivity contribution in [3.8, 4) is 5.75 Å². The van der Waals surface area contributed by atoms with Crippen LogP contribution >= 0.6 is 23.2 Å². The molecule has 0 aliphatic carbocycles. The van der Waals surface area contributed by atoms with Gasteiger partial charge in [0, 0.05) is 44.7 Å². The van der Waals surface area contributed by atoms with E-state index in [1.807, 2.05) is 0 Å². The van der Waals surface area contributed by atoms with Crippen molar-refractivity contribution in [2.75, 3.05) is 6.61 Å². The van der Waals surface area contributed by atoms with E-state index < -0.39 is 73.2 Å². The largest absolute Gasteiger partial charge is 0.506 e. The maximum atomic E-state index is 12.8. The fourth-order valence-corrected chi connectivity index (χ4v) is 4.15. The van der Waals surface area contributed by atoms with Gasteiger partial charge in [-0.1, -0.05) is 23.2 Å². The first-order chi connectivity index (χ1) is 17.3. The molecule has 0 amide bonds. The van der Waals surface area contributed by atoms with Crippen LogP contribution in [0.5, 0.6) is 5.75 Å². The molecule has 11 nitrogen and oxygen atoms in total. The van der Waals surface area contributed by atoms with Gasteiger partial charge in [-0.3, -0.25) is 24.0 Å². The molecule has 1 heterocycles. The van der Waals surface area contributed by atoms with Gasteiger partial charge < -0.3 is 28.8 Å². The highest BCUT2D eigenvalue weighted by atomic mass is 35.5. The average molecular weight is 561 g/mol. The third kappa shape index (κ3) is 9.03. The summed E-state index contributed by atoms with van der Waals surface area (Å²) in [6.45, 7) is 4.04. The molecule has 202 valence electrons. The fourth-order valence-electron chi connectivity index (χ4n) is 3.64. The highest BCUT2D eigenvalue weighted by Gasteiger charge is 2.52. The molecule has 1 aromatic carbocycles.